The van der Waals surface area contributed by atoms with E-state index in [2.05, 4.69) is 10.3 Å². The van der Waals surface area contributed by atoms with Crippen molar-refractivity contribution in [3.63, 3.8) is 0 Å². The maximum atomic E-state index is 5.62. The standard InChI is InChI=1S/C14H17N3O2/c1-18-11-7-6-10(8-12(11)19-2)9-16-14-5-3-4-13(15)17-14/h3-8H,9H2,1-2H3,(H3,15,16,17). The van der Waals surface area contributed by atoms with Gasteiger partial charge in [0.1, 0.15) is 11.6 Å². The average molecular weight is 259 g/mol. The van der Waals surface area contributed by atoms with Gasteiger partial charge in [0, 0.05) is 6.54 Å². The van der Waals surface area contributed by atoms with Crippen molar-refractivity contribution in [2.75, 3.05) is 25.3 Å². The van der Waals surface area contributed by atoms with E-state index in [1.807, 2.05) is 30.3 Å². The van der Waals surface area contributed by atoms with Gasteiger partial charge < -0.3 is 20.5 Å². The number of aromatic nitrogens is 1. The van der Waals surface area contributed by atoms with E-state index in [1.165, 1.54) is 0 Å². The summed E-state index contributed by atoms with van der Waals surface area (Å²) in [5, 5.41) is 3.20. The summed E-state index contributed by atoms with van der Waals surface area (Å²) in [7, 11) is 3.24. The third-order valence-corrected chi connectivity index (χ3v) is 2.69. The molecule has 0 radical (unpaired) electrons. The van der Waals surface area contributed by atoms with E-state index in [9.17, 15) is 0 Å². The van der Waals surface area contributed by atoms with Crippen LogP contribution in [0.15, 0.2) is 36.4 Å². The van der Waals surface area contributed by atoms with Crippen molar-refractivity contribution >= 4 is 11.6 Å². The zero-order valence-electron chi connectivity index (χ0n) is 11.0. The van der Waals surface area contributed by atoms with Gasteiger partial charge in [-0.05, 0) is 29.8 Å². The molecule has 100 valence electrons. The Bertz CT molecular complexity index is 558. The summed E-state index contributed by atoms with van der Waals surface area (Å²) >= 11 is 0. The molecule has 0 aliphatic carbocycles. The van der Waals surface area contributed by atoms with Gasteiger partial charge in [-0.3, -0.25) is 0 Å². The summed E-state index contributed by atoms with van der Waals surface area (Å²) in [5.41, 5.74) is 6.69. The van der Waals surface area contributed by atoms with Crippen molar-refractivity contribution in [1.29, 1.82) is 0 Å². The molecule has 0 saturated carbocycles. The summed E-state index contributed by atoms with van der Waals surface area (Å²) in [4.78, 5) is 4.18. The number of rotatable bonds is 5. The number of hydrogen-bond acceptors (Lipinski definition) is 5. The van der Waals surface area contributed by atoms with E-state index in [0.717, 1.165) is 11.4 Å². The number of nitrogens with zero attached hydrogens (tertiary/aromatic N) is 1. The highest BCUT2D eigenvalue weighted by molar-refractivity contribution is 5.46. The smallest absolute Gasteiger partial charge is 0.161 e. The van der Waals surface area contributed by atoms with Gasteiger partial charge in [0.2, 0.25) is 0 Å². The van der Waals surface area contributed by atoms with E-state index in [0.29, 0.717) is 23.9 Å². The molecule has 3 N–H and O–H groups in total. The predicted octanol–water partition coefficient (Wildman–Crippen LogP) is 2.29. The zero-order chi connectivity index (χ0) is 13.7. The van der Waals surface area contributed by atoms with E-state index in [-0.39, 0.29) is 0 Å². The maximum Gasteiger partial charge on any atom is 0.161 e. The summed E-state index contributed by atoms with van der Waals surface area (Å²) in [6.07, 6.45) is 0. The number of anilines is 2. The Morgan fingerprint density at radius 3 is 2.58 bits per heavy atom. The lowest BCUT2D eigenvalue weighted by molar-refractivity contribution is 0.354. The lowest BCUT2D eigenvalue weighted by Gasteiger charge is -2.10. The number of ether oxygens (including phenoxy) is 2. The lowest BCUT2D eigenvalue weighted by atomic mass is 10.2. The minimum atomic E-state index is 0.498. The van der Waals surface area contributed by atoms with E-state index in [1.54, 1.807) is 20.3 Å². The molecule has 1 heterocycles. The molecule has 0 amide bonds. The minimum absolute atomic E-state index is 0.498. The number of nitrogen functional groups attached to an aromatic ring is 1. The monoisotopic (exact) mass is 259 g/mol. The van der Waals surface area contributed by atoms with Crippen molar-refractivity contribution in [3.8, 4) is 11.5 Å². The molecule has 0 bridgehead atoms. The summed E-state index contributed by atoms with van der Waals surface area (Å²) in [6, 6.07) is 11.3. The fraction of sp³-hybridized carbons (Fsp3) is 0.214. The van der Waals surface area contributed by atoms with Gasteiger partial charge in [-0.15, -0.1) is 0 Å². The van der Waals surface area contributed by atoms with Gasteiger partial charge >= 0.3 is 0 Å². The average Bonchev–Trinajstić information content (AvgIpc) is 2.45. The summed E-state index contributed by atoms with van der Waals surface area (Å²) < 4.78 is 10.5. The third kappa shape index (κ3) is 3.28. The molecule has 2 aromatic rings. The quantitative estimate of drug-likeness (QED) is 0.862. The fourth-order valence-corrected chi connectivity index (χ4v) is 1.73. The number of benzene rings is 1. The first-order valence-electron chi connectivity index (χ1n) is 5.90. The number of pyridine rings is 1. The largest absolute Gasteiger partial charge is 0.493 e. The first kappa shape index (κ1) is 13.0. The second-order valence-electron chi connectivity index (χ2n) is 3.99. The second-order valence-corrected chi connectivity index (χ2v) is 3.99. The van der Waals surface area contributed by atoms with E-state index in [4.69, 9.17) is 15.2 Å². The molecule has 1 aromatic carbocycles. The van der Waals surface area contributed by atoms with Gasteiger partial charge in [-0.1, -0.05) is 12.1 Å². The number of hydrogen-bond donors (Lipinski definition) is 2. The molecule has 5 heteroatoms. The topological polar surface area (TPSA) is 69.4 Å². The van der Waals surface area contributed by atoms with Crippen LogP contribution in [0.2, 0.25) is 0 Å². The molecule has 0 unspecified atom stereocenters. The number of nitrogens with two attached hydrogens (primary N) is 1. The highest BCUT2D eigenvalue weighted by Gasteiger charge is 2.04. The maximum absolute atomic E-state index is 5.62. The molecule has 0 aliphatic heterocycles. The Kier molecular flexibility index (Phi) is 4.07. The normalized spacial score (nSPS) is 10.0. The van der Waals surface area contributed by atoms with Gasteiger partial charge in [0.25, 0.3) is 0 Å². The molecule has 0 spiro atoms. The van der Waals surface area contributed by atoms with Gasteiger partial charge in [-0.25, -0.2) is 4.98 Å². The molecule has 5 nitrogen and oxygen atoms in total. The van der Waals surface area contributed by atoms with Crippen molar-refractivity contribution < 1.29 is 9.47 Å². The first-order valence-corrected chi connectivity index (χ1v) is 5.90. The van der Waals surface area contributed by atoms with Gasteiger partial charge in [-0.2, -0.15) is 0 Å². The van der Waals surface area contributed by atoms with Crippen molar-refractivity contribution in [2.24, 2.45) is 0 Å². The van der Waals surface area contributed by atoms with Crippen LogP contribution in [-0.2, 0) is 6.54 Å². The van der Waals surface area contributed by atoms with Gasteiger partial charge in [0.15, 0.2) is 11.5 Å². The third-order valence-electron chi connectivity index (χ3n) is 2.69. The van der Waals surface area contributed by atoms with Crippen LogP contribution in [0.3, 0.4) is 0 Å². The summed E-state index contributed by atoms with van der Waals surface area (Å²) in [6.45, 7) is 0.636. The zero-order valence-corrected chi connectivity index (χ0v) is 11.0. The Morgan fingerprint density at radius 1 is 1.11 bits per heavy atom. The molecule has 0 fully saturated rings. The van der Waals surface area contributed by atoms with Crippen LogP contribution < -0.4 is 20.5 Å². The molecule has 2 rings (SSSR count). The second kappa shape index (κ2) is 5.95. The molecule has 0 saturated heterocycles. The molecule has 0 atom stereocenters. The molecule has 1 aromatic heterocycles. The Morgan fingerprint density at radius 2 is 1.89 bits per heavy atom. The molecular weight excluding hydrogens is 242 g/mol. The molecular formula is C14H17N3O2. The number of methoxy groups -OCH3 is 2. The van der Waals surface area contributed by atoms with E-state index >= 15 is 0 Å². The Balaban J connectivity index is 2.07. The highest BCUT2D eigenvalue weighted by Crippen LogP contribution is 2.27. The first-order chi connectivity index (χ1) is 9.22. The van der Waals surface area contributed by atoms with E-state index < -0.39 is 0 Å². The van der Waals surface area contributed by atoms with Crippen molar-refractivity contribution in [3.05, 3.63) is 42.0 Å². The van der Waals surface area contributed by atoms with Crippen LogP contribution in [0.5, 0.6) is 11.5 Å². The molecule has 19 heavy (non-hydrogen) atoms. The highest BCUT2D eigenvalue weighted by atomic mass is 16.5. The van der Waals surface area contributed by atoms with Crippen LogP contribution >= 0.6 is 0 Å². The number of nitrogens with one attached hydrogen (secondary N) is 1. The van der Waals surface area contributed by atoms with Crippen LogP contribution in [0, 0.1) is 0 Å². The van der Waals surface area contributed by atoms with Crippen LogP contribution in [-0.4, -0.2) is 19.2 Å². The Labute approximate surface area is 112 Å². The predicted molar refractivity (Wildman–Crippen MR) is 75.5 cm³/mol. The molecule has 0 aliphatic rings. The Hall–Kier alpha value is -2.43. The summed E-state index contributed by atoms with van der Waals surface area (Å²) in [5.74, 6) is 2.67. The van der Waals surface area contributed by atoms with Crippen LogP contribution in [0.4, 0.5) is 11.6 Å². The van der Waals surface area contributed by atoms with Crippen molar-refractivity contribution in [2.45, 2.75) is 6.54 Å². The SMILES string of the molecule is COc1ccc(CNc2cccc(N)n2)cc1OC. The minimum Gasteiger partial charge on any atom is -0.493 e. The lowest BCUT2D eigenvalue weighted by Crippen LogP contribution is -2.03. The fourth-order valence-electron chi connectivity index (χ4n) is 1.73. The van der Waals surface area contributed by atoms with Crippen LogP contribution in [0.25, 0.3) is 0 Å². The van der Waals surface area contributed by atoms with Gasteiger partial charge in [0.05, 0.1) is 14.2 Å². The van der Waals surface area contributed by atoms with Crippen LogP contribution in [0.1, 0.15) is 5.56 Å². The van der Waals surface area contributed by atoms with Crippen molar-refractivity contribution in [1.82, 2.24) is 4.98 Å².